The summed E-state index contributed by atoms with van der Waals surface area (Å²) in [6.45, 7) is 0.512. The first-order chi connectivity index (χ1) is 14.7. The smallest absolute Gasteiger partial charge is 0.316 e. The van der Waals surface area contributed by atoms with E-state index in [2.05, 4.69) is 5.32 Å². The van der Waals surface area contributed by atoms with Crippen LogP contribution in [0.15, 0.2) is 83.9 Å². The lowest BCUT2D eigenvalue weighted by Gasteiger charge is -2.14. The standard InChI is InChI=1S/C24H21N3O2S.BrH/c1-29-22(28)16-30-24(25-15-17-9-3-2-4-10-17)27-23-18-11-5-7-13-20(18)26-21-14-8-6-12-19(21)23;/h2-14H,15-16H2,1H3,(H,25,26,27);1H. The summed E-state index contributed by atoms with van der Waals surface area (Å²) in [6, 6.07) is 26.0. The number of rotatable bonds is 5. The molecule has 0 saturated carbocycles. The number of aromatic nitrogens is 1. The van der Waals surface area contributed by atoms with Crippen LogP contribution in [0.3, 0.4) is 0 Å². The van der Waals surface area contributed by atoms with Crippen molar-refractivity contribution in [1.82, 2.24) is 4.98 Å². The second kappa shape index (κ2) is 10.9. The molecule has 0 radical (unpaired) electrons. The number of amidine groups is 1. The molecule has 0 aliphatic carbocycles. The number of thioether (sulfide) groups is 1. The maximum atomic E-state index is 11.7. The number of methoxy groups -OCH3 is 1. The molecule has 4 rings (SSSR count). The number of carbonyl (C=O) groups is 1. The Morgan fingerprint density at radius 1 is 0.935 bits per heavy atom. The SMILES string of the molecule is Br.COC(=O)CSC(=NCc1ccccc1)Nc1c2ccccc2nc2ccccc12. The Hall–Kier alpha value is -2.90. The topological polar surface area (TPSA) is 63.6 Å². The summed E-state index contributed by atoms with van der Waals surface area (Å²) < 4.78 is 4.80. The average molecular weight is 496 g/mol. The van der Waals surface area contributed by atoms with Gasteiger partial charge in [-0.05, 0) is 17.7 Å². The van der Waals surface area contributed by atoms with Crippen molar-refractivity contribution >= 4 is 67.4 Å². The molecule has 7 heteroatoms. The van der Waals surface area contributed by atoms with Gasteiger partial charge in [-0.1, -0.05) is 78.5 Å². The van der Waals surface area contributed by atoms with Crippen LogP contribution in [0.5, 0.6) is 0 Å². The predicted octanol–water partition coefficient (Wildman–Crippen LogP) is 5.84. The van der Waals surface area contributed by atoms with Crippen LogP contribution in [0.1, 0.15) is 5.56 Å². The van der Waals surface area contributed by atoms with Gasteiger partial charge in [0, 0.05) is 10.8 Å². The fourth-order valence-corrected chi connectivity index (χ4v) is 3.84. The Morgan fingerprint density at radius 2 is 1.52 bits per heavy atom. The van der Waals surface area contributed by atoms with Crippen molar-refractivity contribution in [2.45, 2.75) is 6.54 Å². The predicted molar refractivity (Wildman–Crippen MR) is 135 cm³/mol. The van der Waals surface area contributed by atoms with Gasteiger partial charge in [-0.15, -0.1) is 17.0 Å². The molecule has 0 amide bonds. The number of nitrogens with one attached hydrogen (secondary N) is 1. The molecular formula is C24H22BrN3O2S. The monoisotopic (exact) mass is 495 g/mol. The van der Waals surface area contributed by atoms with Gasteiger partial charge in [0.25, 0.3) is 0 Å². The molecule has 0 fully saturated rings. The number of para-hydroxylation sites is 2. The van der Waals surface area contributed by atoms with Crippen LogP contribution in [-0.2, 0) is 16.1 Å². The summed E-state index contributed by atoms with van der Waals surface area (Å²) in [6.07, 6.45) is 0. The van der Waals surface area contributed by atoms with Gasteiger partial charge >= 0.3 is 5.97 Å². The Bertz CT molecular complexity index is 1160. The summed E-state index contributed by atoms with van der Waals surface area (Å²) >= 11 is 1.33. The average Bonchev–Trinajstić information content (AvgIpc) is 2.80. The molecule has 158 valence electrons. The quantitative estimate of drug-likeness (QED) is 0.163. The number of nitrogens with zero attached hydrogens (tertiary/aromatic N) is 2. The molecular weight excluding hydrogens is 474 g/mol. The third-order valence-electron chi connectivity index (χ3n) is 4.62. The van der Waals surface area contributed by atoms with E-state index in [9.17, 15) is 4.79 Å². The number of carbonyl (C=O) groups excluding carboxylic acids is 1. The fraction of sp³-hybridized carbons (Fsp3) is 0.125. The van der Waals surface area contributed by atoms with E-state index in [4.69, 9.17) is 14.7 Å². The molecule has 1 heterocycles. The zero-order valence-corrected chi connectivity index (χ0v) is 19.5. The summed E-state index contributed by atoms with van der Waals surface area (Å²) in [4.78, 5) is 21.2. The molecule has 0 aliphatic rings. The molecule has 0 spiro atoms. The van der Waals surface area contributed by atoms with Crippen molar-refractivity contribution in [3.05, 3.63) is 84.4 Å². The summed E-state index contributed by atoms with van der Waals surface area (Å²) in [5.74, 6) is -0.114. The summed E-state index contributed by atoms with van der Waals surface area (Å²) in [5.41, 5.74) is 3.83. The van der Waals surface area contributed by atoms with Crippen molar-refractivity contribution in [2.75, 3.05) is 18.2 Å². The van der Waals surface area contributed by atoms with Crippen LogP contribution in [0.2, 0.25) is 0 Å². The number of hydrogen-bond donors (Lipinski definition) is 1. The van der Waals surface area contributed by atoms with Crippen LogP contribution in [0.25, 0.3) is 21.8 Å². The zero-order valence-electron chi connectivity index (χ0n) is 16.9. The molecule has 0 bridgehead atoms. The molecule has 0 unspecified atom stereocenters. The lowest BCUT2D eigenvalue weighted by Crippen LogP contribution is -2.14. The second-order valence-corrected chi connectivity index (χ2v) is 7.58. The van der Waals surface area contributed by atoms with Gasteiger partial charge in [-0.3, -0.25) is 9.79 Å². The van der Waals surface area contributed by atoms with Crippen molar-refractivity contribution in [1.29, 1.82) is 0 Å². The number of benzene rings is 3. The highest BCUT2D eigenvalue weighted by Gasteiger charge is 2.13. The van der Waals surface area contributed by atoms with Gasteiger partial charge in [0.05, 0.1) is 36.1 Å². The number of ether oxygens (including phenoxy) is 1. The third kappa shape index (κ3) is 5.62. The summed E-state index contributed by atoms with van der Waals surface area (Å²) in [7, 11) is 1.39. The number of fused-ring (bicyclic) bond motifs is 2. The van der Waals surface area contributed by atoms with Crippen LogP contribution in [0, 0.1) is 0 Å². The molecule has 0 aliphatic heterocycles. The zero-order chi connectivity index (χ0) is 20.8. The third-order valence-corrected chi connectivity index (χ3v) is 5.51. The van der Waals surface area contributed by atoms with Gasteiger partial charge in [-0.25, -0.2) is 4.98 Å². The number of hydrogen-bond acceptors (Lipinski definition) is 5. The van der Waals surface area contributed by atoms with Crippen LogP contribution in [-0.4, -0.2) is 29.0 Å². The normalized spacial score (nSPS) is 11.2. The van der Waals surface area contributed by atoms with E-state index < -0.39 is 0 Å². The van der Waals surface area contributed by atoms with Crippen molar-refractivity contribution in [3.8, 4) is 0 Å². The molecule has 3 aromatic carbocycles. The van der Waals surface area contributed by atoms with E-state index in [1.807, 2.05) is 78.9 Å². The van der Waals surface area contributed by atoms with Gasteiger partial charge in [-0.2, -0.15) is 0 Å². The number of aliphatic imine (C=N–C) groups is 1. The second-order valence-electron chi connectivity index (χ2n) is 6.62. The Labute approximate surface area is 195 Å². The van der Waals surface area contributed by atoms with Crippen LogP contribution < -0.4 is 5.32 Å². The van der Waals surface area contributed by atoms with E-state index >= 15 is 0 Å². The minimum Gasteiger partial charge on any atom is -0.468 e. The minimum atomic E-state index is -0.293. The lowest BCUT2D eigenvalue weighted by atomic mass is 10.1. The first-order valence-corrected chi connectivity index (χ1v) is 10.6. The first-order valence-electron chi connectivity index (χ1n) is 9.57. The van der Waals surface area contributed by atoms with Gasteiger partial charge in [0.1, 0.15) is 0 Å². The molecule has 31 heavy (non-hydrogen) atoms. The lowest BCUT2D eigenvalue weighted by molar-refractivity contribution is -0.137. The maximum absolute atomic E-state index is 11.7. The minimum absolute atomic E-state index is 0. The van der Waals surface area contributed by atoms with Crippen molar-refractivity contribution in [2.24, 2.45) is 4.99 Å². The number of esters is 1. The molecule has 0 atom stereocenters. The van der Waals surface area contributed by atoms with Crippen molar-refractivity contribution in [3.63, 3.8) is 0 Å². The first kappa shape index (κ1) is 22.8. The largest absolute Gasteiger partial charge is 0.468 e. The van der Waals surface area contributed by atoms with E-state index in [1.165, 1.54) is 18.9 Å². The van der Waals surface area contributed by atoms with E-state index in [1.54, 1.807) is 0 Å². The van der Waals surface area contributed by atoms with Crippen LogP contribution in [0.4, 0.5) is 5.69 Å². The summed E-state index contributed by atoms with van der Waals surface area (Å²) in [5, 5.41) is 6.14. The highest BCUT2D eigenvalue weighted by atomic mass is 79.9. The Morgan fingerprint density at radius 3 is 2.13 bits per heavy atom. The Kier molecular flexibility index (Phi) is 8.03. The van der Waals surface area contributed by atoms with Gasteiger partial charge < -0.3 is 10.1 Å². The van der Waals surface area contributed by atoms with Crippen LogP contribution >= 0.6 is 28.7 Å². The molecule has 4 aromatic rings. The molecule has 0 saturated heterocycles. The van der Waals surface area contributed by atoms with Gasteiger partial charge in [0.2, 0.25) is 0 Å². The van der Waals surface area contributed by atoms with E-state index in [-0.39, 0.29) is 28.7 Å². The van der Waals surface area contributed by atoms with E-state index in [0.717, 1.165) is 33.1 Å². The van der Waals surface area contributed by atoms with Gasteiger partial charge in [0.15, 0.2) is 5.17 Å². The molecule has 5 nitrogen and oxygen atoms in total. The Balaban J connectivity index is 0.00000272. The van der Waals surface area contributed by atoms with E-state index in [0.29, 0.717) is 11.7 Å². The fourth-order valence-electron chi connectivity index (χ4n) is 3.14. The highest BCUT2D eigenvalue weighted by Crippen LogP contribution is 2.31. The molecule has 1 aromatic heterocycles. The number of halogens is 1. The highest BCUT2D eigenvalue weighted by molar-refractivity contribution is 8.93. The number of pyridine rings is 1. The van der Waals surface area contributed by atoms with Crippen molar-refractivity contribution < 1.29 is 9.53 Å². The number of anilines is 1. The molecule has 1 N–H and O–H groups in total. The maximum Gasteiger partial charge on any atom is 0.316 e.